The molecule has 1 aliphatic heterocycles. The molecule has 1 heterocycles. The molecule has 10 heteroatoms. The van der Waals surface area contributed by atoms with Gasteiger partial charge in [-0.05, 0) is 66.3 Å². The van der Waals surface area contributed by atoms with Crippen LogP contribution < -0.4 is 4.90 Å². The number of ether oxygens (including phenoxy) is 1. The molecule has 0 spiro atoms. The summed E-state index contributed by atoms with van der Waals surface area (Å²) in [4.78, 5) is 13.7. The summed E-state index contributed by atoms with van der Waals surface area (Å²) >= 11 is 0. The largest absolute Gasteiger partial charge is 0.469 e. The van der Waals surface area contributed by atoms with Crippen molar-refractivity contribution in [2.24, 2.45) is 5.92 Å². The van der Waals surface area contributed by atoms with E-state index in [4.69, 9.17) is 4.74 Å². The van der Waals surface area contributed by atoms with Gasteiger partial charge >= 0.3 is 12.1 Å². The van der Waals surface area contributed by atoms with Gasteiger partial charge in [-0.2, -0.15) is 17.5 Å². The maximum Gasteiger partial charge on any atom is 0.416 e. The molecular formula is C23H25F3N2O4S. The van der Waals surface area contributed by atoms with E-state index in [9.17, 15) is 26.4 Å². The number of hydrogen-bond donors (Lipinski definition) is 0. The van der Waals surface area contributed by atoms with Gasteiger partial charge in [0, 0.05) is 38.3 Å². The minimum atomic E-state index is -4.39. The van der Waals surface area contributed by atoms with Crippen molar-refractivity contribution in [3.8, 4) is 0 Å². The van der Waals surface area contributed by atoms with Crippen molar-refractivity contribution < 1.29 is 31.1 Å². The van der Waals surface area contributed by atoms with Crippen molar-refractivity contribution in [1.29, 1.82) is 0 Å². The molecule has 1 atom stereocenters. The van der Waals surface area contributed by atoms with Gasteiger partial charge in [0.2, 0.25) is 10.0 Å². The van der Waals surface area contributed by atoms with Gasteiger partial charge in [0.15, 0.2) is 0 Å². The molecule has 0 saturated carbocycles. The summed E-state index contributed by atoms with van der Waals surface area (Å²) in [5, 5.41) is 0. The smallest absolute Gasteiger partial charge is 0.416 e. The van der Waals surface area contributed by atoms with Crippen LogP contribution in [0.1, 0.15) is 23.1 Å². The van der Waals surface area contributed by atoms with Crippen molar-refractivity contribution in [1.82, 2.24) is 4.31 Å². The summed E-state index contributed by atoms with van der Waals surface area (Å²) in [7, 11) is -2.34. The molecule has 4 rings (SSSR count). The van der Waals surface area contributed by atoms with Gasteiger partial charge < -0.3 is 9.64 Å². The van der Waals surface area contributed by atoms with Gasteiger partial charge in [-0.3, -0.25) is 4.79 Å². The van der Waals surface area contributed by atoms with Crippen molar-refractivity contribution in [2.45, 2.75) is 30.3 Å². The minimum absolute atomic E-state index is 0.109. The molecule has 2 aromatic rings. The number of sulfonamides is 1. The normalized spacial score (nSPS) is 19.4. The summed E-state index contributed by atoms with van der Waals surface area (Å²) < 4.78 is 70.9. The molecular weight excluding hydrogens is 457 g/mol. The molecule has 33 heavy (non-hydrogen) atoms. The molecule has 0 radical (unpaired) electrons. The van der Waals surface area contributed by atoms with Crippen LogP contribution in [0.25, 0.3) is 0 Å². The van der Waals surface area contributed by atoms with E-state index in [1.165, 1.54) is 23.5 Å². The molecule has 1 unspecified atom stereocenters. The van der Waals surface area contributed by atoms with Crippen LogP contribution in [0.3, 0.4) is 0 Å². The Morgan fingerprint density at radius 2 is 1.64 bits per heavy atom. The van der Waals surface area contributed by atoms with E-state index in [1.807, 2.05) is 11.0 Å². The minimum Gasteiger partial charge on any atom is -0.469 e. The summed E-state index contributed by atoms with van der Waals surface area (Å²) in [5.41, 5.74) is 1.91. The first kappa shape index (κ1) is 23.6. The highest BCUT2D eigenvalue weighted by atomic mass is 32.2. The Morgan fingerprint density at radius 3 is 2.24 bits per heavy atom. The van der Waals surface area contributed by atoms with Crippen LogP contribution in [-0.2, 0) is 38.6 Å². The molecule has 0 N–H and O–H groups in total. The number of piperazine rings is 1. The number of nitrogens with zero attached hydrogens (tertiary/aromatic N) is 2. The van der Waals surface area contributed by atoms with Crippen molar-refractivity contribution in [3.63, 3.8) is 0 Å². The van der Waals surface area contributed by atoms with Gasteiger partial charge in [-0.15, -0.1) is 0 Å². The topological polar surface area (TPSA) is 66.9 Å². The molecule has 2 aromatic carbocycles. The lowest BCUT2D eigenvalue weighted by molar-refractivity contribution is -0.141. The number of methoxy groups -OCH3 is 1. The molecule has 0 aromatic heterocycles. The first-order chi connectivity index (χ1) is 15.6. The average molecular weight is 483 g/mol. The Balaban J connectivity index is 1.41. The number of rotatable bonds is 5. The second-order valence-corrected chi connectivity index (χ2v) is 10.4. The van der Waals surface area contributed by atoms with Crippen molar-refractivity contribution in [3.05, 3.63) is 59.2 Å². The summed E-state index contributed by atoms with van der Waals surface area (Å²) in [6, 6.07) is 10.0. The number of hydrogen-bond acceptors (Lipinski definition) is 5. The Labute approximate surface area is 191 Å². The van der Waals surface area contributed by atoms with Crippen molar-refractivity contribution >= 4 is 21.7 Å². The van der Waals surface area contributed by atoms with Gasteiger partial charge in [-0.1, -0.05) is 6.07 Å². The van der Waals surface area contributed by atoms with E-state index in [-0.39, 0.29) is 29.9 Å². The third-order valence-corrected chi connectivity index (χ3v) is 8.21. The average Bonchev–Trinajstić information content (AvgIpc) is 3.20. The van der Waals surface area contributed by atoms with Crippen LogP contribution in [0.15, 0.2) is 47.4 Å². The predicted molar refractivity (Wildman–Crippen MR) is 116 cm³/mol. The molecule has 1 saturated heterocycles. The van der Waals surface area contributed by atoms with E-state index in [1.54, 1.807) is 12.1 Å². The highest BCUT2D eigenvalue weighted by molar-refractivity contribution is 7.89. The number of carbonyl (C=O) groups excluding carboxylic acids is 1. The zero-order valence-electron chi connectivity index (χ0n) is 18.1. The fourth-order valence-electron chi connectivity index (χ4n) is 4.51. The molecule has 1 fully saturated rings. The second-order valence-electron chi connectivity index (χ2n) is 8.42. The monoisotopic (exact) mass is 482 g/mol. The molecule has 1 aliphatic carbocycles. The Morgan fingerprint density at radius 1 is 1.00 bits per heavy atom. The Kier molecular flexibility index (Phi) is 6.41. The predicted octanol–water partition coefficient (Wildman–Crippen LogP) is 3.49. The first-order valence-corrected chi connectivity index (χ1v) is 12.1. The standard InChI is InChI=1S/C23H25F3N2O4S/c1-32-22(29)14-16-12-17-2-7-21(15-18(17)13-16)33(30,31)28-10-8-27(9-11-28)20-5-3-19(4-6-20)23(24,25)26/h2-7,15-16H,8-14H2,1H3. The summed E-state index contributed by atoms with van der Waals surface area (Å²) in [6.07, 6.45) is -2.73. The molecule has 6 nitrogen and oxygen atoms in total. The van der Waals surface area contributed by atoms with E-state index in [2.05, 4.69) is 0 Å². The number of halogens is 3. The zero-order chi connectivity index (χ0) is 23.8. The first-order valence-electron chi connectivity index (χ1n) is 10.7. The Bertz CT molecular complexity index is 1130. The third-order valence-electron chi connectivity index (χ3n) is 6.31. The maximum atomic E-state index is 13.2. The fourth-order valence-corrected chi connectivity index (χ4v) is 5.98. The van der Waals surface area contributed by atoms with Gasteiger partial charge in [0.25, 0.3) is 0 Å². The van der Waals surface area contributed by atoms with E-state index in [0.717, 1.165) is 29.7 Å². The molecule has 0 bridgehead atoms. The van der Waals surface area contributed by atoms with Gasteiger partial charge in [-0.25, -0.2) is 8.42 Å². The number of carbonyl (C=O) groups is 1. The van der Waals surface area contributed by atoms with E-state index < -0.39 is 21.8 Å². The Hall–Kier alpha value is -2.59. The van der Waals surface area contributed by atoms with Crippen molar-refractivity contribution in [2.75, 3.05) is 38.2 Å². The number of anilines is 1. The lowest BCUT2D eigenvalue weighted by atomic mass is 10.0. The number of esters is 1. The molecule has 178 valence electrons. The maximum absolute atomic E-state index is 13.2. The lowest BCUT2D eigenvalue weighted by Gasteiger charge is -2.35. The van der Waals surface area contributed by atoms with Crippen LogP contribution in [-0.4, -0.2) is 52.0 Å². The third kappa shape index (κ3) is 5.01. The van der Waals surface area contributed by atoms with E-state index >= 15 is 0 Å². The van der Waals surface area contributed by atoms with Crippen LogP contribution in [0.2, 0.25) is 0 Å². The SMILES string of the molecule is COC(=O)CC1Cc2ccc(S(=O)(=O)N3CCN(c4ccc(C(F)(F)F)cc4)CC3)cc2C1. The zero-order valence-corrected chi connectivity index (χ0v) is 19.0. The lowest BCUT2D eigenvalue weighted by Crippen LogP contribution is -2.48. The number of fused-ring (bicyclic) bond motifs is 1. The van der Waals surface area contributed by atoms with Crippen LogP contribution in [0.5, 0.6) is 0 Å². The van der Waals surface area contributed by atoms with Gasteiger partial charge in [0.1, 0.15) is 0 Å². The van der Waals surface area contributed by atoms with Crippen LogP contribution in [0.4, 0.5) is 18.9 Å². The summed E-state index contributed by atoms with van der Waals surface area (Å²) in [6.45, 7) is 1.25. The molecule has 0 amide bonds. The van der Waals surface area contributed by atoms with Crippen LogP contribution in [0, 0.1) is 5.92 Å². The number of alkyl halides is 3. The van der Waals surface area contributed by atoms with E-state index in [0.29, 0.717) is 31.6 Å². The second kappa shape index (κ2) is 8.98. The van der Waals surface area contributed by atoms with Crippen LogP contribution >= 0.6 is 0 Å². The van der Waals surface area contributed by atoms with Gasteiger partial charge in [0.05, 0.1) is 17.6 Å². The number of benzene rings is 2. The summed E-state index contributed by atoms with van der Waals surface area (Å²) in [5.74, 6) is -0.163. The highest BCUT2D eigenvalue weighted by Crippen LogP contribution is 2.33. The fraction of sp³-hybridized carbons (Fsp3) is 0.435. The quantitative estimate of drug-likeness (QED) is 0.611. The molecule has 2 aliphatic rings. The highest BCUT2D eigenvalue weighted by Gasteiger charge is 2.32.